The van der Waals surface area contributed by atoms with E-state index in [9.17, 15) is 9.59 Å². The van der Waals surface area contributed by atoms with E-state index in [-0.39, 0.29) is 18.6 Å². The summed E-state index contributed by atoms with van der Waals surface area (Å²) >= 11 is 0. The Kier molecular flexibility index (Phi) is 7.21. The number of nitrogens with one attached hydrogen (secondary N) is 1. The molecule has 0 aliphatic carbocycles. The molecule has 0 saturated heterocycles. The number of carbonyl (C=O) groups excluding carboxylic acids is 2. The zero-order chi connectivity index (χ0) is 24.2. The van der Waals surface area contributed by atoms with E-state index < -0.39 is 5.41 Å². The first-order valence-electron chi connectivity index (χ1n) is 10.9. The second kappa shape index (κ2) is 9.90. The second-order valence-electron chi connectivity index (χ2n) is 8.81. The third-order valence-electron chi connectivity index (χ3n) is 5.64. The number of fused-ring (bicyclic) bond motifs is 1. The van der Waals surface area contributed by atoms with Crippen LogP contribution in [0.15, 0.2) is 47.0 Å². The van der Waals surface area contributed by atoms with Crippen LogP contribution in [0.4, 0.5) is 5.82 Å². The summed E-state index contributed by atoms with van der Waals surface area (Å²) in [4.78, 5) is 30.0. The van der Waals surface area contributed by atoms with Gasteiger partial charge in [-0.2, -0.15) is 0 Å². The van der Waals surface area contributed by atoms with E-state index in [4.69, 9.17) is 9.15 Å². The number of likely N-dealkylation sites (N-methyl/N-ethyl adjacent to an activating group) is 1. The van der Waals surface area contributed by atoms with E-state index in [1.165, 1.54) is 6.08 Å². The van der Waals surface area contributed by atoms with Crippen LogP contribution < -0.4 is 10.1 Å². The van der Waals surface area contributed by atoms with Crippen LogP contribution in [0, 0.1) is 12.3 Å². The van der Waals surface area contributed by atoms with Crippen LogP contribution in [0.25, 0.3) is 17.0 Å². The highest BCUT2D eigenvalue weighted by Crippen LogP contribution is 2.32. The van der Waals surface area contributed by atoms with Crippen molar-refractivity contribution >= 4 is 35.1 Å². The summed E-state index contributed by atoms with van der Waals surface area (Å²) in [5, 5.41) is 4.03. The molecule has 2 aromatic heterocycles. The Balaban J connectivity index is 1.75. The average molecular weight is 450 g/mol. The van der Waals surface area contributed by atoms with Gasteiger partial charge in [0.25, 0.3) is 0 Å². The summed E-state index contributed by atoms with van der Waals surface area (Å²) < 4.78 is 11.8. The lowest BCUT2D eigenvalue weighted by Gasteiger charge is -2.22. The Hall–Kier alpha value is -3.61. The molecule has 0 bridgehead atoms. The number of furan rings is 1. The summed E-state index contributed by atoms with van der Waals surface area (Å²) in [6.07, 6.45) is 5.72. The molecule has 0 fully saturated rings. The van der Waals surface area contributed by atoms with Crippen LogP contribution in [0.1, 0.15) is 43.7 Å². The fraction of sp³-hybridized carbons (Fsp3) is 0.346. The normalized spacial score (nSPS) is 12.7. The summed E-state index contributed by atoms with van der Waals surface area (Å²) in [5.41, 5.74) is 1.95. The van der Waals surface area contributed by atoms with Gasteiger partial charge in [0, 0.05) is 37.3 Å². The highest BCUT2D eigenvalue weighted by molar-refractivity contribution is 5.92. The summed E-state index contributed by atoms with van der Waals surface area (Å²) in [7, 11) is 3.50. The zero-order valence-corrected chi connectivity index (χ0v) is 20.0. The Bertz CT molecular complexity index is 1180. The lowest BCUT2D eigenvalue weighted by molar-refractivity contribution is -0.126. The molecule has 1 N–H and O–H groups in total. The van der Waals surface area contributed by atoms with Crippen LogP contribution in [0.5, 0.6) is 5.75 Å². The van der Waals surface area contributed by atoms with Gasteiger partial charge in [-0.05, 0) is 51.5 Å². The molecule has 1 atom stereocenters. The minimum absolute atomic E-state index is 0.162. The number of hydrogen-bond donors (Lipinski definition) is 1. The number of hydrogen-bond acceptors (Lipinski definition) is 6. The lowest BCUT2D eigenvalue weighted by Crippen LogP contribution is -2.28. The number of aldehydes is 1. The topological polar surface area (TPSA) is 84.7 Å². The summed E-state index contributed by atoms with van der Waals surface area (Å²) in [5.74, 6) is 1.69. The van der Waals surface area contributed by atoms with Crippen molar-refractivity contribution in [3.05, 3.63) is 59.5 Å². The molecule has 33 heavy (non-hydrogen) atoms. The third-order valence-corrected chi connectivity index (χ3v) is 5.64. The Morgan fingerprint density at radius 3 is 2.73 bits per heavy atom. The van der Waals surface area contributed by atoms with Crippen molar-refractivity contribution in [3.63, 3.8) is 0 Å². The highest BCUT2D eigenvalue weighted by Gasteiger charge is 2.22. The first-order valence-corrected chi connectivity index (χ1v) is 10.9. The van der Waals surface area contributed by atoms with Gasteiger partial charge in [0.1, 0.15) is 24.2 Å². The number of amides is 1. The van der Waals surface area contributed by atoms with Gasteiger partial charge >= 0.3 is 0 Å². The molecule has 1 aromatic carbocycles. The fourth-order valence-electron chi connectivity index (χ4n) is 3.39. The van der Waals surface area contributed by atoms with Crippen LogP contribution >= 0.6 is 0 Å². The number of carbonyl (C=O) groups is 2. The lowest BCUT2D eigenvalue weighted by atomic mass is 9.98. The SMILES string of the molecule is CNc1ncc(/C=C/C(=O)N(C)C(C)c2oc3ccccc3c2C)cc1OCC(C)(C)C=O. The van der Waals surface area contributed by atoms with Crippen molar-refractivity contribution in [2.45, 2.75) is 33.7 Å². The van der Waals surface area contributed by atoms with Crippen LogP contribution in [0.3, 0.4) is 0 Å². The van der Waals surface area contributed by atoms with Gasteiger partial charge in [-0.1, -0.05) is 18.2 Å². The maximum absolute atomic E-state index is 12.9. The molecule has 2 heterocycles. The van der Waals surface area contributed by atoms with Gasteiger partial charge in [0.15, 0.2) is 11.6 Å². The predicted octanol–water partition coefficient (Wildman–Crippen LogP) is 5.01. The molecule has 7 heteroatoms. The first-order chi connectivity index (χ1) is 15.7. The molecule has 0 saturated carbocycles. The number of ether oxygens (including phenoxy) is 1. The highest BCUT2D eigenvalue weighted by atomic mass is 16.5. The largest absolute Gasteiger partial charge is 0.489 e. The molecule has 0 spiro atoms. The van der Waals surface area contributed by atoms with Crippen molar-refractivity contribution < 1.29 is 18.7 Å². The summed E-state index contributed by atoms with van der Waals surface area (Å²) in [6.45, 7) is 7.77. The Morgan fingerprint density at radius 1 is 1.33 bits per heavy atom. The first kappa shape index (κ1) is 24.0. The quantitative estimate of drug-likeness (QED) is 0.365. The average Bonchev–Trinajstić information content (AvgIpc) is 3.16. The number of anilines is 1. The van der Waals surface area contributed by atoms with Gasteiger partial charge in [-0.25, -0.2) is 4.98 Å². The van der Waals surface area contributed by atoms with Gasteiger partial charge in [-0.3, -0.25) is 4.79 Å². The summed E-state index contributed by atoms with van der Waals surface area (Å²) in [6, 6.07) is 9.41. The minimum Gasteiger partial charge on any atom is -0.489 e. The van der Waals surface area contributed by atoms with Crippen molar-refractivity contribution in [1.82, 2.24) is 9.88 Å². The predicted molar refractivity (Wildman–Crippen MR) is 130 cm³/mol. The Morgan fingerprint density at radius 2 is 2.06 bits per heavy atom. The number of aryl methyl sites for hydroxylation is 1. The number of rotatable bonds is 9. The van der Waals surface area contributed by atoms with Crippen molar-refractivity contribution in [2.24, 2.45) is 5.41 Å². The molecule has 0 radical (unpaired) electrons. The van der Waals surface area contributed by atoms with Gasteiger partial charge in [0.2, 0.25) is 5.91 Å². The third kappa shape index (κ3) is 5.42. The standard InChI is InChI=1S/C26H31N3O4/c1-17-20-9-7-8-10-21(20)33-24(17)18(2)29(6)23(31)12-11-19-13-22(25(27-5)28-14-19)32-16-26(3,4)15-30/h7-15,18H,16H2,1-6H3,(H,27,28)/b12-11+. The molecule has 0 aliphatic heterocycles. The van der Waals surface area contributed by atoms with Crippen molar-refractivity contribution in [2.75, 3.05) is 26.0 Å². The van der Waals surface area contributed by atoms with Crippen LogP contribution in [-0.2, 0) is 9.59 Å². The minimum atomic E-state index is -0.611. The Labute approximate surface area is 194 Å². The van der Waals surface area contributed by atoms with Crippen molar-refractivity contribution in [3.8, 4) is 5.75 Å². The molecule has 3 aromatic rings. The maximum Gasteiger partial charge on any atom is 0.246 e. The molecule has 174 valence electrons. The smallest absolute Gasteiger partial charge is 0.246 e. The van der Waals surface area contributed by atoms with Crippen molar-refractivity contribution in [1.29, 1.82) is 0 Å². The number of nitrogens with zero attached hydrogens (tertiary/aromatic N) is 2. The molecule has 1 amide bonds. The molecule has 0 aliphatic rings. The molecule has 7 nitrogen and oxygen atoms in total. The van der Waals surface area contributed by atoms with Gasteiger partial charge in [-0.15, -0.1) is 0 Å². The number of para-hydroxylation sites is 1. The monoisotopic (exact) mass is 449 g/mol. The van der Waals surface area contributed by atoms with Crippen LogP contribution in [-0.4, -0.2) is 42.8 Å². The van der Waals surface area contributed by atoms with E-state index in [2.05, 4.69) is 10.3 Å². The molecule has 1 unspecified atom stereocenters. The number of aromatic nitrogens is 1. The van der Waals surface area contributed by atoms with Gasteiger partial charge in [0.05, 0.1) is 11.5 Å². The van der Waals surface area contributed by atoms with E-state index in [1.54, 1.807) is 51.2 Å². The van der Waals surface area contributed by atoms with E-state index >= 15 is 0 Å². The van der Waals surface area contributed by atoms with Gasteiger partial charge < -0.3 is 24.2 Å². The van der Waals surface area contributed by atoms with E-state index in [0.717, 1.165) is 28.6 Å². The zero-order valence-electron chi connectivity index (χ0n) is 20.0. The number of benzene rings is 1. The van der Waals surface area contributed by atoms with E-state index in [0.29, 0.717) is 17.1 Å². The second-order valence-corrected chi connectivity index (χ2v) is 8.81. The van der Waals surface area contributed by atoms with Crippen LogP contribution in [0.2, 0.25) is 0 Å². The molecular weight excluding hydrogens is 418 g/mol. The number of pyridine rings is 1. The molecular formula is C26H31N3O4. The fourth-order valence-corrected chi connectivity index (χ4v) is 3.39. The van der Waals surface area contributed by atoms with E-state index in [1.807, 2.05) is 38.1 Å². The maximum atomic E-state index is 12.9. The molecule has 3 rings (SSSR count).